The fourth-order valence-electron chi connectivity index (χ4n) is 3.38. The summed E-state index contributed by atoms with van der Waals surface area (Å²) in [5, 5.41) is 33.2. The van der Waals surface area contributed by atoms with Gasteiger partial charge in [0.25, 0.3) is 11.4 Å². The molecule has 3 aliphatic rings. The van der Waals surface area contributed by atoms with Crippen LogP contribution in [-0.4, -0.2) is 87.9 Å². The van der Waals surface area contributed by atoms with Crippen LogP contribution in [-0.2, 0) is 14.6 Å². The van der Waals surface area contributed by atoms with Crippen LogP contribution in [0, 0.1) is 0 Å². The fraction of sp³-hybridized carbons (Fsp3) is 0.778. The van der Waals surface area contributed by atoms with Gasteiger partial charge in [-0.25, -0.2) is 14.5 Å². The van der Waals surface area contributed by atoms with E-state index in [1.165, 1.54) is 0 Å². The first kappa shape index (κ1) is 16.2. The van der Waals surface area contributed by atoms with Gasteiger partial charge in [-0.05, 0) is 0 Å². The first-order valence-electron chi connectivity index (χ1n) is 6.52. The van der Waals surface area contributed by atoms with Crippen LogP contribution >= 0.6 is 0 Å². The van der Waals surface area contributed by atoms with Gasteiger partial charge in [-0.15, -0.1) is 0 Å². The quantitative estimate of drug-likeness (QED) is 0.176. The number of guanidine groups is 2. The van der Waals surface area contributed by atoms with Crippen molar-refractivity contribution in [2.45, 2.75) is 29.6 Å². The molecule has 0 aromatic rings. The molecule has 130 valence electrons. The normalized spacial score (nSPS) is 38.4. The SMILES string of the molecule is NC1=N[C@@H](CO)[C@@H]2[NH+]=C(N)N[C@]23N1C[C@H](OS(=O)(=O)O)C3(O)O. The van der Waals surface area contributed by atoms with Crippen LogP contribution < -0.4 is 21.8 Å². The Morgan fingerprint density at radius 2 is 2.13 bits per heavy atom. The maximum Gasteiger partial charge on any atom is 0.397 e. The van der Waals surface area contributed by atoms with Crippen molar-refractivity contribution in [2.24, 2.45) is 16.5 Å². The Balaban J connectivity index is 2.11. The van der Waals surface area contributed by atoms with E-state index < -0.39 is 53.2 Å². The van der Waals surface area contributed by atoms with E-state index >= 15 is 0 Å². The van der Waals surface area contributed by atoms with Crippen LogP contribution in [0.5, 0.6) is 0 Å². The van der Waals surface area contributed by atoms with Gasteiger partial charge in [0.05, 0.1) is 13.2 Å². The number of aliphatic hydroxyl groups excluding tert-OH is 1. The van der Waals surface area contributed by atoms with Crippen LogP contribution in [0.4, 0.5) is 0 Å². The average molecular weight is 353 g/mol. The summed E-state index contributed by atoms with van der Waals surface area (Å²) in [5.41, 5.74) is 9.61. The molecule has 0 aromatic carbocycles. The van der Waals surface area contributed by atoms with E-state index in [9.17, 15) is 23.7 Å². The van der Waals surface area contributed by atoms with Crippen LogP contribution in [0.1, 0.15) is 0 Å². The van der Waals surface area contributed by atoms with E-state index in [4.69, 9.17) is 16.0 Å². The zero-order chi connectivity index (χ0) is 17.2. The number of rotatable bonds is 3. The highest BCUT2D eigenvalue weighted by Gasteiger charge is 2.77. The molecule has 1 spiro atoms. The van der Waals surface area contributed by atoms with Crippen molar-refractivity contribution in [3.05, 3.63) is 0 Å². The maximum atomic E-state index is 11.0. The molecule has 13 nitrogen and oxygen atoms in total. The number of nitrogens with two attached hydrogens (primary N) is 2. The van der Waals surface area contributed by atoms with Crippen LogP contribution in [0.2, 0.25) is 0 Å². The first-order valence-corrected chi connectivity index (χ1v) is 7.89. The molecule has 10 N–H and O–H groups in total. The number of aliphatic imine (C=N–C) groups is 1. The van der Waals surface area contributed by atoms with Crippen molar-refractivity contribution >= 4 is 22.3 Å². The Morgan fingerprint density at radius 1 is 1.48 bits per heavy atom. The van der Waals surface area contributed by atoms with Crippen LogP contribution in [0.15, 0.2) is 4.99 Å². The Kier molecular flexibility index (Phi) is 3.27. The summed E-state index contributed by atoms with van der Waals surface area (Å²) >= 11 is 0. The van der Waals surface area contributed by atoms with Gasteiger partial charge in [0.1, 0.15) is 6.04 Å². The fourth-order valence-corrected chi connectivity index (χ4v) is 3.87. The predicted molar refractivity (Wildman–Crippen MR) is 72.6 cm³/mol. The third kappa shape index (κ3) is 2.07. The van der Waals surface area contributed by atoms with Crippen molar-refractivity contribution in [1.82, 2.24) is 10.2 Å². The molecule has 0 unspecified atom stereocenters. The second kappa shape index (κ2) is 4.65. The van der Waals surface area contributed by atoms with Crippen molar-refractivity contribution in [3.63, 3.8) is 0 Å². The zero-order valence-electron chi connectivity index (χ0n) is 11.6. The number of nitrogens with one attached hydrogen (secondary N) is 2. The van der Waals surface area contributed by atoms with Crippen molar-refractivity contribution in [3.8, 4) is 0 Å². The first-order chi connectivity index (χ1) is 10.5. The van der Waals surface area contributed by atoms with E-state index in [0.717, 1.165) is 4.90 Å². The Bertz CT molecular complexity index is 693. The molecule has 0 bridgehead atoms. The summed E-state index contributed by atoms with van der Waals surface area (Å²) in [6, 6.07) is -1.84. The highest BCUT2D eigenvalue weighted by molar-refractivity contribution is 7.80. The molecule has 23 heavy (non-hydrogen) atoms. The lowest BCUT2D eigenvalue weighted by atomic mass is 9.86. The highest BCUT2D eigenvalue weighted by atomic mass is 32.3. The van der Waals surface area contributed by atoms with E-state index in [1.807, 2.05) is 0 Å². The third-order valence-electron chi connectivity index (χ3n) is 4.25. The maximum absolute atomic E-state index is 11.0. The molecule has 3 heterocycles. The third-order valence-corrected chi connectivity index (χ3v) is 4.73. The minimum Gasteiger partial charge on any atom is -0.394 e. The van der Waals surface area contributed by atoms with Gasteiger partial charge >= 0.3 is 16.4 Å². The number of aliphatic hydroxyl groups is 3. The molecule has 0 aliphatic carbocycles. The van der Waals surface area contributed by atoms with Crippen molar-refractivity contribution in [1.29, 1.82) is 0 Å². The monoisotopic (exact) mass is 353 g/mol. The Labute approximate surface area is 130 Å². The van der Waals surface area contributed by atoms with Crippen molar-refractivity contribution in [2.75, 3.05) is 13.2 Å². The largest absolute Gasteiger partial charge is 0.397 e. The standard InChI is InChI=1S/C9H16N6O7S/c10-6-13-5-3(2-16)12-7(11)15-1-4(22-23(19,20)21)9(17,18)8(5,15)14-6/h3-5,16-18H,1-2H2,(H2,11,12)(H3,10,13,14)(H,19,20,21)/p+1/t3-,4-,5-,8-/m0/s1. The second-order valence-electron chi connectivity index (χ2n) is 5.51. The van der Waals surface area contributed by atoms with E-state index in [0.29, 0.717) is 0 Å². The summed E-state index contributed by atoms with van der Waals surface area (Å²) in [5.74, 6) is -3.09. The van der Waals surface area contributed by atoms with Gasteiger partial charge in [0.15, 0.2) is 18.1 Å². The van der Waals surface area contributed by atoms with Gasteiger partial charge in [0.2, 0.25) is 0 Å². The highest BCUT2D eigenvalue weighted by Crippen LogP contribution is 2.42. The summed E-state index contributed by atoms with van der Waals surface area (Å²) in [4.78, 5) is 7.89. The molecule has 0 amide bonds. The molecule has 1 saturated heterocycles. The molecule has 3 rings (SSSR count). The lowest BCUT2D eigenvalue weighted by Gasteiger charge is -2.45. The molecule has 3 aliphatic heterocycles. The molecule has 0 saturated carbocycles. The van der Waals surface area contributed by atoms with Gasteiger partial charge < -0.3 is 21.1 Å². The van der Waals surface area contributed by atoms with Crippen LogP contribution in [0.25, 0.3) is 0 Å². The van der Waals surface area contributed by atoms with Gasteiger partial charge in [-0.2, -0.15) is 8.42 Å². The average Bonchev–Trinajstić information content (AvgIpc) is 2.86. The number of hydrogen-bond donors (Lipinski definition) is 8. The summed E-state index contributed by atoms with van der Waals surface area (Å²) in [7, 11) is -4.97. The number of hydrogen-bond acceptors (Lipinski definition) is 11. The molecule has 4 atom stereocenters. The van der Waals surface area contributed by atoms with Crippen LogP contribution in [0.3, 0.4) is 0 Å². The van der Waals surface area contributed by atoms with E-state index in [2.05, 4.69) is 19.5 Å². The Morgan fingerprint density at radius 3 is 2.70 bits per heavy atom. The minimum atomic E-state index is -4.97. The molecule has 0 radical (unpaired) electrons. The molecule has 14 heteroatoms. The molecule has 0 aromatic heterocycles. The Hall–Kier alpha value is -1.71. The van der Waals surface area contributed by atoms with Gasteiger partial charge in [-0.3, -0.25) is 20.2 Å². The summed E-state index contributed by atoms with van der Waals surface area (Å²) in [6.45, 7) is -0.901. The lowest BCUT2D eigenvalue weighted by Crippen LogP contribution is -2.90. The van der Waals surface area contributed by atoms with Gasteiger partial charge in [-0.1, -0.05) is 0 Å². The van der Waals surface area contributed by atoms with Gasteiger partial charge in [0, 0.05) is 0 Å². The lowest BCUT2D eigenvalue weighted by molar-refractivity contribution is -0.523. The molecular weight excluding hydrogens is 336 g/mol. The van der Waals surface area contributed by atoms with Crippen molar-refractivity contribution < 1.29 is 37.5 Å². The van der Waals surface area contributed by atoms with E-state index in [1.54, 1.807) is 0 Å². The zero-order valence-corrected chi connectivity index (χ0v) is 12.4. The summed E-state index contributed by atoms with van der Waals surface area (Å²) in [6.07, 6.45) is -1.79. The van der Waals surface area contributed by atoms with E-state index in [-0.39, 0.29) is 11.9 Å². The summed E-state index contributed by atoms with van der Waals surface area (Å²) < 4.78 is 35.1. The number of nitrogens with zero attached hydrogens (tertiary/aromatic N) is 2. The predicted octanol–water partition coefficient (Wildman–Crippen LogP) is -7.08. The second-order valence-corrected chi connectivity index (χ2v) is 6.56. The topological polar surface area (TPSA) is 218 Å². The molecular formula is C9H17N6O7S+. The molecule has 1 fully saturated rings. The smallest absolute Gasteiger partial charge is 0.394 e. The minimum absolute atomic E-state index is 0.0525.